The number of benzene rings is 1. The summed E-state index contributed by atoms with van der Waals surface area (Å²) in [5, 5.41) is 9.54. The zero-order valence-electron chi connectivity index (χ0n) is 7.87. The van der Waals surface area contributed by atoms with Gasteiger partial charge in [0.2, 0.25) is 0 Å². The topological polar surface area (TPSA) is 23.8 Å². The van der Waals surface area contributed by atoms with Crippen LogP contribution in [0.3, 0.4) is 0 Å². The highest BCUT2D eigenvalue weighted by molar-refractivity contribution is 6.45. The molecule has 0 bridgehead atoms. The van der Waals surface area contributed by atoms with Crippen molar-refractivity contribution in [1.29, 1.82) is 5.26 Å². The van der Waals surface area contributed by atoms with Crippen molar-refractivity contribution in [2.75, 3.05) is 0 Å². The summed E-state index contributed by atoms with van der Waals surface area (Å²) >= 11 is 17.9. The van der Waals surface area contributed by atoms with Gasteiger partial charge in [-0.3, -0.25) is 0 Å². The molecule has 15 heavy (non-hydrogen) atoms. The Balaban J connectivity index is 3.77. The lowest BCUT2D eigenvalue weighted by Crippen LogP contribution is -1.95. The molecular formula is C11H6Cl3N. The Morgan fingerprint density at radius 1 is 1.13 bits per heavy atom. The highest BCUT2D eigenvalue weighted by Gasteiger charge is 2.18. The van der Waals surface area contributed by atoms with Crippen molar-refractivity contribution < 1.29 is 0 Å². The lowest BCUT2D eigenvalue weighted by molar-refractivity contribution is 1.13. The molecule has 0 radical (unpaired) electrons. The van der Waals surface area contributed by atoms with E-state index in [0.717, 1.165) is 0 Å². The number of halogens is 3. The third-order valence-electron chi connectivity index (χ3n) is 2.03. The summed E-state index contributed by atoms with van der Waals surface area (Å²) in [7, 11) is 0. The molecule has 0 aliphatic carbocycles. The van der Waals surface area contributed by atoms with Crippen molar-refractivity contribution in [2.45, 2.75) is 13.3 Å². The number of hydrogen-bond acceptors (Lipinski definition) is 1. The van der Waals surface area contributed by atoms with Crippen molar-refractivity contribution in [3.05, 3.63) is 31.8 Å². The maximum absolute atomic E-state index is 8.86. The Kier molecular flexibility index (Phi) is 3.89. The Morgan fingerprint density at radius 3 is 2.13 bits per heavy atom. The third-order valence-corrected chi connectivity index (χ3v) is 3.30. The molecule has 0 aliphatic rings. The Labute approximate surface area is 104 Å². The largest absolute Gasteiger partial charge is 0.192 e. The molecule has 1 aromatic carbocycles. The maximum Gasteiger partial charge on any atom is 0.102 e. The standard InChI is InChI=1S/C11H6Cl3N/c1-3-6-7(4-2)10(13)11(14)8(5-15)9(6)12/h1H,4H2,2H3. The van der Waals surface area contributed by atoms with E-state index in [0.29, 0.717) is 22.6 Å². The molecule has 0 atom stereocenters. The Hall–Kier alpha value is -0.860. The van der Waals surface area contributed by atoms with Crippen LogP contribution >= 0.6 is 34.8 Å². The van der Waals surface area contributed by atoms with Crippen molar-refractivity contribution in [3.63, 3.8) is 0 Å². The molecular weight excluding hydrogens is 252 g/mol. The summed E-state index contributed by atoms with van der Waals surface area (Å²) in [5.74, 6) is 2.43. The van der Waals surface area contributed by atoms with Crippen molar-refractivity contribution >= 4 is 34.8 Å². The van der Waals surface area contributed by atoms with Crippen molar-refractivity contribution in [3.8, 4) is 18.4 Å². The van der Waals surface area contributed by atoms with Gasteiger partial charge in [0.25, 0.3) is 0 Å². The minimum Gasteiger partial charge on any atom is -0.192 e. The summed E-state index contributed by atoms with van der Waals surface area (Å²) in [6, 6.07) is 1.89. The second kappa shape index (κ2) is 4.77. The highest BCUT2D eigenvalue weighted by atomic mass is 35.5. The van der Waals surface area contributed by atoms with Crippen LogP contribution in [-0.4, -0.2) is 0 Å². The van der Waals surface area contributed by atoms with Crippen LogP contribution in [0.15, 0.2) is 0 Å². The van der Waals surface area contributed by atoms with Gasteiger partial charge in [-0.25, -0.2) is 0 Å². The van der Waals surface area contributed by atoms with Gasteiger partial charge in [0, 0.05) is 5.56 Å². The third kappa shape index (κ3) is 1.92. The monoisotopic (exact) mass is 257 g/mol. The quantitative estimate of drug-likeness (QED) is 0.550. The molecule has 0 N–H and O–H groups in total. The normalized spacial score (nSPS) is 9.47. The number of nitrogens with zero attached hydrogens (tertiary/aromatic N) is 1. The van der Waals surface area contributed by atoms with Crippen LogP contribution in [0, 0.1) is 23.7 Å². The summed E-state index contributed by atoms with van der Waals surface area (Å²) < 4.78 is 0. The minimum atomic E-state index is 0.133. The Morgan fingerprint density at radius 2 is 1.73 bits per heavy atom. The average Bonchev–Trinajstić information content (AvgIpc) is 2.23. The van der Waals surface area contributed by atoms with Gasteiger partial charge in [-0.05, 0) is 12.0 Å². The second-order valence-corrected chi connectivity index (χ2v) is 3.91. The molecule has 0 saturated carbocycles. The van der Waals surface area contributed by atoms with Gasteiger partial charge in [-0.15, -0.1) is 6.42 Å². The van der Waals surface area contributed by atoms with Crippen LogP contribution in [0.25, 0.3) is 0 Å². The predicted octanol–water partition coefficient (Wildman–Crippen LogP) is 4.06. The molecule has 0 unspecified atom stereocenters. The fourth-order valence-corrected chi connectivity index (χ4v) is 2.21. The van der Waals surface area contributed by atoms with Gasteiger partial charge in [0.05, 0.1) is 20.6 Å². The van der Waals surface area contributed by atoms with Gasteiger partial charge < -0.3 is 0 Å². The summed E-state index contributed by atoms with van der Waals surface area (Å²) in [4.78, 5) is 0. The van der Waals surface area contributed by atoms with Crippen LogP contribution in [0.1, 0.15) is 23.6 Å². The molecule has 1 rings (SSSR count). The highest BCUT2D eigenvalue weighted by Crippen LogP contribution is 2.37. The van der Waals surface area contributed by atoms with Crippen molar-refractivity contribution in [2.24, 2.45) is 0 Å². The molecule has 1 nitrogen and oxygen atoms in total. The number of hydrogen-bond donors (Lipinski definition) is 0. The fourth-order valence-electron chi connectivity index (χ4n) is 1.29. The van der Waals surface area contributed by atoms with E-state index in [1.165, 1.54) is 0 Å². The molecule has 0 saturated heterocycles. The van der Waals surface area contributed by atoms with Crippen LogP contribution < -0.4 is 0 Å². The molecule has 0 spiro atoms. The van der Waals surface area contributed by atoms with E-state index in [9.17, 15) is 0 Å². The lowest BCUT2D eigenvalue weighted by Gasteiger charge is -2.10. The van der Waals surface area contributed by atoms with Gasteiger partial charge in [0.1, 0.15) is 6.07 Å². The van der Waals surface area contributed by atoms with Crippen LogP contribution in [0.5, 0.6) is 0 Å². The zero-order chi connectivity index (χ0) is 11.6. The van der Waals surface area contributed by atoms with E-state index in [1.807, 2.05) is 13.0 Å². The van der Waals surface area contributed by atoms with Gasteiger partial charge in [-0.2, -0.15) is 5.26 Å². The molecule has 0 amide bonds. The molecule has 76 valence electrons. The van der Waals surface area contributed by atoms with Crippen LogP contribution in [0.4, 0.5) is 0 Å². The van der Waals surface area contributed by atoms with E-state index < -0.39 is 0 Å². The number of rotatable bonds is 1. The zero-order valence-corrected chi connectivity index (χ0v) is 10.1. The summed E-state index contributed by atoms with van der Waals surface area (Å²) in [6.45, 7) is 1.89. The Bertz CT molecular complexity index is 489. The van der Waals surface area contributed by atoms with E-state index in [-0.39, 0.29) is 15.6 Å². The molecule has 0 aromatic heterocycles. The van der Waals surface area contributed by atoms with E-state index in [4.69, 9.17) is 46.5 Å². The van der Waals surface area contributed by atoms with Gasteiger partial charge >= 0.3 is 0 Å². The van der Waals surface area contributed by atoms with Crippen LogP contribution in [0.2, 0.25) is 15.1 Å². The van der Waals surface area contributed by atoms with E-state index in [2.05, 4.69) is 5.92 Å². The maximum atomic E-state index is 8.86. The molecule has 1 aromatic rings. The molecule has 0 aliphatic heterocycles. The van der Waals surface area contributed by atoms with Crippen LogP contribution in [-0.2, 0) is 6.42 Å². The minimum absolute atomic E-state index is 0.133. The van der Waals surface area contributed by atoms with Crippen molar-refractivity contribution in [1.82, 2.24) is 0 Å². The molecule has 0 fully saturated rings. The smallest absolute Gasteiger partial charge is 0.102 e. The molecule has 4 heteroatoms. The SMILES string of the molecule is C#Cc1c(Cl)c(C#N)c(Cl)c(Cl)c1CC. The number of nitriles is 1. The first kappa shape index (κ1) is 12.2. The second-order valence-electron chi connectivity index (χ2n) is 2.78. The first-order chi connectivity index (χ1) is 7.08. The molecule has 0 heterocycles. The summed E-state index contributed by atoms with van der Waals surface area (Å²) in [5.41, 5.74) is 1.28. The van der Waals surface area contributed by atoms with E-state index >= 15 is 0 Å². The van der Waals surface area contributed by atoms with Gasteiger partial charge in [-0.1, -0.05) is 47.6 Å². The predicted molar refractivity (Wildman–Crippen MR) is 63.5 cm³/mol. The first-order valence-corrected chi connectivity index (χ1v) is 5.27. The fraction of sp³-hybridized carbons (Fsp3) is 0.182. The lowest BCUT2D eigenvalue weighted by atomic mass is 10.0. The first-order valence-electron chi connectivity index (χ1n) is 4.14. The summed E-state index contributed by atoms with van der Waals surface area (Å²) in [6.07, 6.45) is 5.94. The van der Waals surface area contributed by atoms with E-state index in [1.54, 1.807) is 0 Å². The average molecular weight is 259 g/mol. The number of terminal acetylenes is 1. The van der Waals surface area contributed by atoms with Gasteiger partial charge in [0.15, 0.2) is 0 Å².